The highest BCUT2D eigenvalue weighted by molar-refractivity contribution is 7.09. The van der Waals surface area contributed by atoms with Gasteiger partial charge in [0.25, 0.3) is 5.91 Å². The molecule has 1 aromatic heterocycles. The molecule has 0 saturated carbocycles. The van der Waals surface area contributed by atoms with E-state index in [1.54, 1.807) is 11.3 Å². The molecule has 0 atom stereocenters. The average Bonchev–Trinajstić information content (AvgIpc) is 3.18. The van der Waals surface area contributed by atoms with Crippen molar-refractivity contribution in [3.63, 3.8) is 0 Å². The van der Waals surface area contributed by atoms with Crippen molar-refractivity contribution in [3.8, 4) is 17.2 Å². The van der Waals surface area contributed by atoms with Crippen molar-refractivity contribution in [1.29, 1.82) is 0 Å². The number of benzene rings is 1. The summed E-state index contributed by atoms with van der Waals surface area (Å²) in [4.78, 5) is 28.9. The van der Waals surface area contributed by atoms with Crippen molar-refractivity contribution in [2.45, 2.75) is 26.3 Å². The summed E-state index contributed by atoms with van der Waals surface area (Å²) < 4.78 is 15.7. The van der Waals surface area contributed by atoms with Crippen molar-refractivity contribution in [1.82, 2.24) is 15.6 Å². The topological polar surface area (TPSA) is 98.8 Å². The molecule has 0 spiro atoms. The molecule has 2 rings (SSSR count). The van der Waals surface area contributed by atoms with Crippen molar-refractivity contribution in [2.75, 3.05) is 27.9 Å². The van der Waals surface area contributed by atoms with Crippen LogP contribution in [0.25, 0.3) is 0 Å². The van der Waals surface area contributed by atoms with Crippen LogP contribution >= 0.6 is 11.3 Å². The number of aromatic nitrogens is 1. The van der Waals surface area contributed by atoms with Gasteiger partial charge in [0.05, 0.1) is 45.1 Å². The maximum absolute atomic E-state index is 12.4. The van der Waals surface area contributed by atoms with Gasteiger partial charge in [-0.3, -0.25) is 9.59 Å². The van der Waals surface area contributed by atoms with Crippen LogP contribution in [0.2, 0.25) is 0 Å². The van der Waals surface area contributed by atoms with E-state index in [0.717, 1.165) is 10.7 Å². The molecule has 0 fully saturated rings. The van der Waals surface area contributed by atoms with E-state index in [4.69, 9.17) is 14.2 Å². The van der Waals surface area contributed by atoms with Crippen molar-refractivity contribution in [3.05, 3.63) is 33.8 Å². The molecule has 2 amide bonds. The molecule has 0 bridgehead atoms. The van der Waals surface area contributed by atoms with Gasteiger partial charge >= 0.3 is 0 Å². The molecule has 0 radical (unpaired) electrons. The third-order valence-electron chi connectivity index (χ3n) is 3.87. The highest BCUT2D eigenvalue weighted by atomic mass is 32.1. The first kappa shape index (κ1) is 21.5. The first-order valence-electron chi connectivity index (χ1n) is 8.68. The van der Waals surface area contributed by atoms with E-state index in [2.05, 4.69) is 29.5 Å². The highest BCUT2D eigenvalue weighted by Crippen LogP contribution is 2.38. The maximum Gasteiger partial charge on any atom is 0.251 e. The number of thiazole rings is 1. The van der Waals surface area contributed by atoms with E-state index in [1.165, 1.54) is 33.5 Å². The van der Waals surface area contributed by atoms with E-state index in [1.807, 2.05) is 5.38 Å². The monoisotopic (exact) mass is 407 g/mol. The van der Waals surface area contributed by atoms with Gasteiger partial charge in [0.2, 0.25) is 11.7 Å². The van der Waals surface area contributed by atoms with Gasteiger partial charge in [-0.05, 0) is 12.1 Å². The lowest BCUT2D eigenvalue weighted by atomic mass is 10.1. The number of nitrogens with zero attached hydrogens (tertiary/aromatic N) is 1. The number of hydrogen-bond acceptors (Lipinski definition) is 7. The molecular weight excluding hydrogens is 382 g/mol. The zero-order valence-electron chi connectivity index (χ0n) is 16.6. The number of ether oxygens (including phenoxy) is 3. The molecule has 1 heterocycles. The molecule has 0 aliphatic heterocycles. The summed E-state index contributed by atoms with van der Waals surface area (Å²) >= 11 is 1.57. The first-order chi connectivity index (χ1) is 13.4. The van der Waals surface area contributed by atoms with Gasteiger partial charge in [0, 0.05) is 16.9 Å². The molecule has 0 aliphatic carbocycles. The second kappa shape index (κ2) is 9.93. The molecule has 9 heteroatoms. The van der Waals surface area contributed by atoms with Crippen LogP contribution in [0.1, 0.15) is 40.8 Å². The zero-order valence-corrected chi connectivity index (χ0v) is 17.4. The summed E-state index contributed by atoms with van der Waals surface area (Å²) in [7, 11) is 4.42. The Bertz CT molecular complexity index is 810. The second-order valence-corrected chi connectivity index (χ2v) is 7.09. The zero-order chi connectivity index (χ0) is 20.7. The number of rotatable bonds is 9. The largest absolute Gasteiger partial charge is 0.493 e. The Labute approximate surface area is 168 Å². The van der Waals surface area contributed by atoms with E-state index < -0.39 is 5.91 Å². The molecule has 8 nitrogen and oxygen atoms in total. The summed E-state index contributed by atoms with van der Waals surface area (Å²) in [6, 6.07) is 3.05. The van der Waals surface area contributed by atoms with Gasteiger partial charge in [0.1, 0.15) is 0 Å². The molecule has 0 aliphatic rings. The van der Waals surface area contributed by atoms with Crippen LogP contribution in [0.5, 0.6) is 17.2 Å². The number of amides is 2. The van der Waals surface area contributed by atoms with Crippen LogP contribution < -0.4 is 24.8 Å². The van der Waals surface area contributed by atoms with E-state index in [0.29, 0.717) is 35.3 Å². The molecule has 0 saturated heterocycles. The van der Waals surface area contributed by atoms with Crippen molar-refractivity contribution < 1.29 is 23.8 Å². The third-order valence-corrected chi connectivity index (χ3v) is 5.06. The summed E-state index contributed by atoms with van der Waals surface area (Å²) in [6.45, 7) is 4.30. The smallest absolute Gasteiger partial charge is 0.251 e. The fraction of sp³-hybridized carbons (Fsp3) is 0.421. The van der Waals surface area contributed by atoms with Crippen LogP contribution in [0.4, 0.5) is 0 Å². The first-order valence-corrected chi connectivity index (χ1v) is 9.56. The van der Waals surface area contributed by atoms with Gasteiger partial charge in [-0.2, -0.15) is 0 Å². The minimum atomic E-state index is -0.426. The molecule has 2 aromatic rings. The third kappa shape index (κ3) is 5.35. The predicted octanol–water partition coefficient (Wildman–Crippen LogP) is 2.34. The Morgan fingerprint density at radius 2 is 1.71 bits per heavy atom. The highest BCUT2D eigenvalue weighted by Gasteiger charge is 2.17. The number of carbonyl (C=O) groups is 2. The molecule has 28 heavy (non-hydrogen) atoms. The number of methoxy groups -OCH3 is 3. The maximum atomic E-state index is 12.4. The standard InChI is InChI=1S/C19H25N3O5S/c1-11(2)19-22-13(10-28-19)8-20-16(23)9-21-18(24)12-6-14(25-3)17(27-5)15(7-12)26-4/h6-7,10-11H,8-9H2,1-5H3,(H,20,23)(H,21,24). The fourth-order valence-corrected chi connectivity index (χ4v) is 3.23. The Balaban J connectivity index is 1.93. The van der Waals surface area contributed by atoms with Crippen molar-refractivity contribution in [2.24, 2.45) is 0 Å². The van der Waals surface area contributed by atoms with Gasteiger partial charge in [-0.1, -0.05) is 13.8 Å². The van der Waals surface area contributed by atoms with Crippen LogP contribution in [-0.4, -0.2) is 44.7 Å². The lowest BCUT2D eigenvalue weighted by molar-refractivity contribution is -0.120. The number of nitrogens with one attached hydrogen (secondary N) is 2. The minimum Gasteiger partial charge on any atom is -0.493 e. The number of hydrogen-bond donors (Lipinski definition) is 2. The van der Waals surface area contributed by atoms with Crippen LogP contribution in [-0.2, 0) is 11.3 Å². The summed E-state index contributed by atoms with van der Waals surface area (Å²) in [5.74, 6) is 0.738. The van der Waals surface area contributed by atoms with Gasteiger partial charge in [0.15, 0.2) is 11.5 Å². The summed E-state index contributed by atoms with van der Waals surface area (Å²) in [5.41, 5.74) is 1.10. The van der Waals surface area contributed by atoms with Gasteiger partial charge in [-0.15, -0.1) is 11.3 Å². The number of carbonyl (C=O) groups excluding carboxylic acids is 2. The minimum absolute atomic E-state index is 0.156. The van der Waals surface area contributed by atoms with Crippen LogP contribution in [0, 0.1) is 0 Å². The van der Waals surface area contributed by atoms with Gasteiger partial charge in [-0.25, -0.2) is 4.98 Å². The molecular formula is C19H25N3O5S. The summed E-state index contributed by atoms with van der Waals surface area (Å²) in [6.07, 6.45) is 0. The van der Waals surface area contributed by atoms with Crippen LogP contribution in [0.3, 0.4) is 0 Å². The summed E-state index contributed by atoms with van der Waals surface area (Å²) in [5, 5.41) is 8.27. The van der Waals surface area contributed by atoms with E-state index in [9.17, 15) is 9.59 Å². The Morgan fingerprint density at radius 1 is 1.07 bits per heavy atom. The lowest BCUT2D eigenvalue weighted by Gasteiger charge is -2.14. The normalized spacial score (nSPS) is 10.5. The van der Waals surface area contributed by atoms with E-state index in [-0.39, 0.29) is 12.5 Å². The molecule has 1 aromatic carbocycles. The average molecular weight is 407 g/mol. The Morgan fingerprint density at radius 3 is 2.21 bits per heavy atom. The molecule has 2 N–H and O–H groups in total. The molecule has 0 unspecified atom stereocenters. The van der Waals surface area contributed by atoms with Gasteiger partial charge < -0.3 is 24.8 Å². The second-order valence-electron chi connectivity index (χ2n) is 6.21. The predicted molar refractivity (Wildman–Crippen MR) is 106 cm³/mol. The van der Waals surface area contributed by atoms with Crippen LogP contribution in [0.15, 0.2) is 17.5 Å². The SMILES string of the molecule is COc1cc(C(=O)NCC(=O)NCc2csc(C(C)C)n2)cc(OC)c1OC. The van der Waals surface area contributed by atoms with Crippen molar-refractivity contribution >= 4 is 23.2 Å². The molecule has 152 valence electrons. The van der Waals surface area contributed by atoms with E-state index >= 15 is 0 Å². The lowest BCUT2D eigenvalue weighted by Crippen LogP contribution is -2.36. The Hall–Kier alpha value is -2.81. The Kier molecular flexibility index (Phi) is 7.62. The quantitative estimate of drug-likeness (QED) is 0.662. The fourth-order valence-electron chi connectivity index (χ4n) is 2.40.